The number of pyridine rings is 1. The molecular weight excluding hydrogens is 404 g/mol. The maximum absolute atomic E-state index is 12.6. The van der Waals surface area contributed by atoms with Gasteiger partial charge in [-0.1, -0.05) is 54.1 Å². The summed E-state index contributed by atoms with van der Waals surface area (Å²) in [5.41, 5.74) is 0.884. The summed E-state index contributed by atoms with van der Waals surface area (Å²) in [6.45, 7) is 0.142. The molecule has 150 valence electrons. The number of aromatic carboxylic acids is 1. The van der Waals surface area contributed by atoms with Gasteiger partial charge in [0.2, 0.25) is 5.91 Å². The number of carbonyl (C=O) groups is 2. The number of nitrogens with one attached hydrogen (secondary N) is 2. The number of hydrogen-bond acceptors (Lipinski definition) is 3. The lowest BCUT2D eigenvalue weighted by atomic mass is 10.0. The minimum Gasteiger partial charge on any atom is -0.477 e. The van der Waals surface area contributed by atoms with E-state index in [2.05, 4.69) is 10.3 Å². The molecule has 1 heterocycles. The molecule has 0 aliphatic heterocycles. The molecule has 3 aromatic carbocycles. The number of benzene rings is 3. The highest BCUT2D eigenvalue weighted by molar-refractivity contribution is 6.31. The van der Waals surface area contributed by atoms with Gasteiger partial charge in [0.05, 0.1) is 11.9 Å². The predicted molar refractivity (Wildman–Crippen MR) is 116 cm³/mol. The van der Waals surface area contributed by atoms with Gasteiger partial charge in [-0.15, -0.1) is 0 Å². The fourth-order valence-electron chi connectivity index (χ4n) is 3.53. The molecule has 0 saturated carbocycles. The van der Waals surface area contributed by atoms with E-state index in [4.69, 9.17) is 16.7 Å². The zero-order chi connectivity index (χ0) is 21.3. The van der Waals surface area contributed by atoms with Gasteiger partial charge in [0, 0.05) is 17.0 Å². The second kappa shape index (κ2) is 8.00. The fourth-order valence-corrected chi connectivity index (χ4v) is 3.78. The molecule has 6 nitrogen and oxygen atoms in total. The molecule has 4 rings (SSSR count). The monoisotopic (exact) mass is 420 g/mol. The molecule has 0 aliphatic rings. The van der Waals surface area contributed by atoms with E-state index in [1.165, 1.54) is 6.07 Å². The first-order chi connectivity index (χ1) is 14.4. The maximum atomic E-state index is 12.6. The summed E-state index contributed by atoms with van der Waals surface area (Å²) in [4.78, 5) is 38.4. The number of aromatic amines is 1. The van der Waals surface area contributed by atoms with Crippen LogP contribution in [0.5, 0.6) is 0 Å². The molecule has 0 fully saturated rings. The van der Waals surface area contributed by atoms with Crippen molar-refractivity contribution in [3.8, 4) is 0 Å². The summed E-state index contributed by atoms with van der Waals surface area (Å²) in [5.74, 6) is -1.49. The molecule has 4 aromatic rings. The SMILES string of the molecule is O=C(Cc1cccc2ccccc12)NCc1cc(Cl)cc2cc(C(=O)O)c(=O)[nH]c12. The van der Waals surface area contributed by atoms with E-state index in [1.54, 1.807) is 12.1 Å². The van der Waals surface area contributed by atoms with Crippen molar-refractivity contribution < 1.29 is 14.7 Å². The van der Waals surface area contributed by atoms with Crippen molar-refractivity contribution in [3.63, 3.8) is 0 Å². The van der Waals surface area contributed by atoms with Crippen molar-refractivity contribution in [3.05, 3.63) is 92.7 Å². The van der Waals surface area contributed by atoms with Gasteiger partial charge in [-0.3, -0.25) is 9.59 Å². The van der Waals surface area contributed by atoms with Gasteiger partial charge < -0.3 is 15.4 Å². The van der Waals surface area contributed by atoms with Gasteiger partial charge in [0.25, 0.3) is 5.56 Å². The van der Waals surface area contributed by atoms with E-state index in [0.717, 1.165) is 16.3 Å². The van der Waals surface area contributed by atoms with Crippen LogP contribution in [0.15, 0.2) is 65.5 Å². The zero-order valence-corrected chi connectivity index (χ0v) is 16.5. The summed E-state index contributed by atoms with van der Waals surface area (Å²) >= 11 is 6.15. The number of H-pyrrole nitrogens is 1. The second-order valence-corrected chi connectivity index (χ2v) is 7.37. The average molecular weight is 421 g/mol. The third-order valence-corrected chi connectivity index (χ3v) is 5.15. The Balaban J connectivity index is 1.58. The molecule has 0 bridgehead atoms. The molecule has 0 spiro atoms. The first-order valence-electron chi connectivity index (χ1n) is 9.24. The highest BCUT2D eigenvalue weighted by Gasteiger charge is 2.14. The van der Waals surface area contributed by atoms with Crippen LogP contribution >= 0.6 is 11.6 Å². The fraction of sp³-hybridized carbons (Fsp3) is 0.0870. The number of hydrogen-bond donors (Lipinski definition) is 3. The standard InChI is InChI=1S/C23H17ClN2O4/c24-17-8-15-10-19(23(29)30)22(28)26-21(15)16(9-17)12-25-20(27)11-14-6-3-5-13-4-1-2-7-18(13)14/h1-10H,11-12H2,(H,25,27)(H,26,28)(H,29,30). The van der Waals surface area contributed by atoms with Crippen molar-refractivity contribution in [1.82, 2.24) is 10.3 Å². The predicted octanol–water partition coefficient (Wildman–Crippen LogP) is 3.89. The molecule has 7 heteroatoms. The summed E-state index contributed by atoms with van der Waals surface area (Å²) in [7, 11) is 0. The molecule has 3 N–H and O–H groups in total. The van der Waals surface area contributed by atoms with Crippen LogP contribution in [0.4, 0.5) is 0 Å². The number of carboxylic acid groups (broad SMARTS) is 1. The molecular formula is C23H17ClN2O4. The lowest BCUT2D eigenvalue weighted by Gasteiger charge is -2.11. The van der Waals surface area contributed by atoms with E-state index in [-0.39, 0.29) is 24.4 Å². The van der Waals surface area contributed by atoms with E-state index in [0.29, 0.717) is 21.5 Å². The number of amides is 1. The minimum absolute atomic E-state index is 0.142. The van der Waals surface area contributed by atoms with E-state index in [9.17, 15) is 14.4 Å². The summed E-state index contributed by atoms with van der Waals surface area (Å²) in [5, 5.41) is 14.9. The number of fused-ring (bicyclic) bond motifs is 2. The Hall–Kier alpha value is -3.64. The maximum Gasteiger partial charge on any atom is 0.341 e. The average Bonchev–Trinajstić information content (AvgIpc) is 2.72. The van der Waals surface area contributed by atoms with Crippen LogP contribution in [-0.4, -0.2) is 22.0 Å². The first-order valence-corrected chi connectivity index (χ1v) is 9.62. The van der Waals surface area contributed by atoms with Gasteiger partial charge in [0.15, 0.2) is 0 Å². The quantitative estimate of drug-likeness (QED) is 0.456. The highest BCUT2D eigenvalue weighted by atomic mass is 35.5. The van der Waals surface area contributed by atoms with Crippen LogP contribution in [0.1, 0.15) is 21.5 Å². The number of aromatic nitrogens is 1. The van der Waals surface area contributed by atoms with Gasteiger partial charge in [-0.05, 0) is 40.1 Å². The smallest absolute Gasteiger partial charge is 0.341 e. The van der Waals surface area contributed by atoms with E-state index >= 15 is 0 Å². The van der Waals surface area contributed by atoms with Gasteiger partial charge in [-0.2, -0.15) is 0 Å². The Labute approximate surface area is 176 Å². The van der Waals surface area contributed by atoms with E-state index < -0.39 is 11.5 Å². The number of carbonyl (C=O) groups excluding carboxylic acids is 1. The minimum atomic E-state index is -1.32. The molecule has 0 unspecified atom stereocenters. The first kappa shape index (κ1) is 19.7. The molecule has 0 radical (unpaired) electrons. The third kappa shape index (κ3) is 3.90. The zero-order valence-electron chi connectivity index (χ0n) is 15.7. The van der Waals surface area contributed by atoms with Crippen molar-refractivity contribution in [2.24, 2.45) is 0 Å². The Morgan fingerprint density at radius 1 is 0.967 bits per heavy atom. The Morgan fingerprint density at radius 2 is 1.73 bits per heavy atom. The normalized spacial score (nSPS) is 11.0. The molecule has 0 atom stereocenters. The van der Waals surface area contributed by atoms with Crippen LogP contribution in [0, 0.1) is 0 Å². The molecule has 1 amide bonds. The second-order valence-electron chi connectivity index (χ2n) is 6.94. The Bertz CT molecular complexity index is 1360. The summed E-state index contributed by atoms with van der Waals surface area (Å²) in [6, 6.07) is 18.2. The number of carboxylic acids is 1. The van der Waals surface area contributed by atoms with Crippen molar-refractivity contribution in [1.29, 1.82) is 0 Å². The lowest BCUT2D eigenvalue weighted by molar-refractivity contribution is -0.120. The van der Waals surface area contributed by atoms with Gasteiger partial charge >= 0.3 is 5.97 Å². The number of halogens is 1. The summed E-state index contributed by atoms with van der Waals surface area (Å²) < 4.78 is 0. The highest BCUT2D eigenvalue weighted by Crippen LogP contribution is 2.23. The van der Waals surface area contributed by atoms with Gasteiger partial charge in [0.1, 0.15) is 5.56 Å². The topological polar surface area (TPSA) is 99.3 Å². The Kier molecular flexibility index (Phi) is 5.25. The van der Waals surface area contributed by atoms with Crippen LogP contribution in [-0.2, 0) is 17.8 Å². The number of rotatable bonds is 5. The van der Waals surface area contributed by atoms with Crippen molar-refractivity contribution in [2.45, 2.75) is 13.0 Å². The van der Waals surface area contributed by atoms with Crippen LogP contribution < -0.4 is 10.9 Å². The molecule has 1 aromatic heterocycles. The van der Waals surface area contributed by atoms with E-state index in [1.807, 2.05) is 42.5 Å². The largest absolute Gasteiger partial charge is 0.477 e. The summed E-state index contributed by atoms with van der Waals surface area (Å²) in [6.07, 6.45) is 0.208. The van der Waals surface area contributed by atoms with Crippen molar-refractivity contribution in [2.75, 3.05) is 0 Å². The lowest BCUT2D eigenvalue weighted by Crippen LogP contribution is -2.25. The Morgan fingerprint density at radius 3 is 2.53 bits per heavy atom. The van der Waals surface area contributed by atoms with Crippen LogP contribution in [0.2, 0.25) is 5.02 Å². The van der Waals surface area contributed by atoms with Crippen LogP contribution in [0.3, 0.4) is 0 Å². The van der Waals surface area contributed by atoms with Crippen LogP contribution in [0.25, 0.3) is 21.7 Å². The van der Waals surface area contributed by atoms with Crippen molar-refractivity contribution >= 4 is 45.2 Å². The molecule has 0 aliphatic carbocycles. The van der Waals surface area contributed by atoms with Gasteiger partial charge in [-0.25, -0.2) is 4.79 Å². The molecule has 30 heavy (non-hydrogen) atoms. The third-order valence-electron chi connectivity index (χ3n) is 4.94. The molecule has 0 saturated heterocycles.